The van der Waals surface area contributed by atoms with Gasteiger partial charge in [0, 0.05) is 23.6 Å². The van der Waals surface area contributed by atoms with Crippen LogP contribution in [0.25, 0.3) is 0 Å². The molecule has 7 heteroatoms. The molecule has 3 rings (SSSR count). The topological polar surface area (TPSA) is 77.8 Å². The van der Waals surface area contributed by atoms with Gasteiger partial charge >= 0.3 is 11.9 Å². The van der Waals surface area contributed by atoms with Crippen molar-refractivity contribution >= 4 is 23.5 Å². The number of carbonyl (C=O) groups is 3. The van der Waals surface area contributed by atoms with Crippen LogP contribution in [0.15, 0.2) is 30.3 Å². The van der Waals surface area contributed by atoms with E-state index in [1.54, 1.807) is 36.3 Å². The molecule has 1 aromatic heterocycles. The molecule has 0 atom stereocenters. The summed E-state index contributed by atoms with van der Waals surface area (Å²) in [5, 5.41) is 0. The Morgan fingerprint density at radius 2 is 1.86 bits per heavy atom. The first kappa shape index (κ1) is 19.7. The van der Waals surface area contributed by atoms with Crippen LogP contribution < -0.4 is 4.90 Å². The number of esters is 2. The highest BCUT2D eigenvalue weighted by atomic mass is 16.5. The number of benzene rings is 1. The molecule has 28 heavy (non-hydrogen) atoms. The van der Waals surface area contributed by atoms with Gasteiger partial charge in [-0.15, -0.1) is 0 Å². The smallest absolute Gasteiger partial charge is 0.339 e. The fourth-order valence-corrected chi connectivity index (χ4v) is 3.45. The zero-order valence-electron chi connectivity index (χ0n) is 16.4. The number of carbonyl (C=O) groups excluding carboxylic acids is 3. The van der Waals surface area contributed by atoms with E-state index in [0.717, 1.165) is 23.4 Å². The van der Waals surface area contributed by atoms with Crippen LogP contribution in [-0.2, 0) is 32.0 Å². The molecule has 0 saturated heterocycles. The predicted octanol–water partition coefficient (Wildman–Crippen LogP) is 2.41. The molecule has 0 unspecified atom stereocenters. The first-order valence-electron chi connectivity index (χ1n) is 9.30. The molecule has 1 aliphatic heterocycles. The molecule has 1 aliphatic rings. The number of anilines is 1. The molecule has 2 heterocycles. The van der Waals surface area contributed by atoms with Gasteiger partial charge in [-0.05, 0) is 44.9 Å². The third-order valence-corrected chi connectivity index (χ3v) is 4.90. The lowest BCUT2D eigenvalue weighted by Crippen LogP contribution is -2.33. The lowest BCUT2D eigenvalue weighted by molar-refractivity contribution is -0.148. The van der Waals surface area contributed by atoms with E-state index in [-0.39, 0.29) is 25.7 Å². The summed E-state index contributed by atoms with van der Waals surface area (Å²) >= 11 is 0. The number of nitrogens with zero attached hydrogens (tertiary/aromatic N) is 2. The van der Waals surface area contributed by atoms with Crippen LogP contribution in [0.1, 0.15) is 34.2 Å². The highest BCUT2D eigenvalue weighted by Gasteiger charge is 2.25. The van der Waals surface area contributed by atoms with Gasteiger partial charge in [0.2, 0.25) is 0 Å². The van der Waals surface area contributed by atoms with Gasteiger partial charge in [-0.25, -0.2) is 4.79 Å². The summed E-state index contributed by atoms with van der Waals surface area (Å²) in [5.41, 5.74) is 3.80. The van der Waals surface area contributed by atoms with Crippen molar-refractivity contribution in [2.75, 3.05) is 24.7 Å². The monoisotopic (exact) mass is 384 g/mol. The van der Waals surface area contributed by atoms with Crippen molar-refractivity contribution in [3.63, 3.8) is 0 Å². The van der Waals surface area contributed by atoms with Crippen molar-refractivity contribution in [3.8, 4) is 0 Å². The summed E-state index contributed by atoms with van der Waals surface area (Å²) in [6.45, 7) is 5.79. The van der Waals surface area contributed by atoms with Crippen molar-refractivity contribution in [2.24, 2.45) is 0 Å². The Balaban J connectivity index is 1.59. The maximum Gasteiger partial charge on any atom is 0.339 e. The lowest BCUT2D eigenvalue weighted by Gasteiger charge is -2.17. The Morgan fingerprint density at radius 3 is 2.61 bits per heavy atom. The molecule has 0 saturated carbocycles. The number of ether oxygens (including phenoxy) is 2. The summed E-state index contributed by atoms with van der Waals surface area (Å²) < 4.78 is 11.9. The highest BCUT2D eigenvalue weighted by molar-refractivity contribution is 5.97. The van der Waals surface area contributed by atoms with E-state index in [9.17, 15) is 14.4 Å². The number of fused-ring (bicyclic) bond motifs is 1. The second kappa shape index (κ2) is 8.29. The summed E-state index contributed by atoms with van der Waals surface area (Å²) in [7, 11) is 0. The van der Waals surface area contributed by atoms with E-state index < -0.39 is 11.9 Å². The largest absolute Gasteiger partial charge is 0.462 e. The Labute approximate surface area is 163 Å². The number of aromatic nitrogens is 1. The minimum Gasteiger partial charge on any atom is -0.462 e. The number of hydrogen-bond acceptors (Lipinski definition) is 5. The van der Waals surface area contributed by atoms with E-state index >= 15 is 0 Å². The highest BCUT2D eigenvalue weighted by Crippen LogP contribution is 2.27. The van der Waals surface area contributed by atoms with E-state index in [4.69, 9.17) is 9.47 Å². The second-order valence-electron chi connectivity index (χ2n) is 6.68. The van der Waals surface area contributed by atoms with E-state index in [1.165, 1.54) is 0 Å². The number of amides is 1. The van der Waals surface area contributed by atoms with Gasteiger partial charge in [0.25, 0.3) is 5.91 Å². The third-order valence-electron chi connectivity index (χ3n) is 4.90. The van der Waals surface area contributed by atoms with Gasteiger partial charge < -0.3 is 18.9 Å². The molecule has 7 nitrogen and oxygen atoms in total. The lowest BCUT2D eigenvalue weighted by atomic mass is 10.2. The minimum absolute atomic E-state index is 0.0685. The molecule has 0 aliphatic carbocycles. The minimum atomic E-state index is -0.530. The van der Waals surface area contributed by atoms with E-state index in [0.29, 0.717) is 17.8 Å². The molecule has 0 fully saturated rings. The van der Waals surface area contributed by atoms with Crippen molar-refractivity contribution in [1.29, 1.82) is 0 Å². The first-order valence-corrected chi connectivity index (χ1v) is 9.30. The van der Waals surface area contributed by atoms with Crippen LogP contribution in [-0.4, -0.2) is 42.2 Å². The van der Waals surface area contributed by atoms with Gasteiger partial charge in [-0.1, -0.05) is 18.2 Å². The predicted molar refractivity (Wildman–Crippen MR) is 103 cm³/mol. The zero-order valence-corrected chi connectivity index (χ0v) is 16.4. The molecular weight excluding hydrogens is 360 g/mol. The molecule has 0 N–H and O–H groups in total. The number of aryl methyl sites for hydroxylation is 1. The van der Waals surface area contributed by atoms with E-state index in [1.807, 2.05) is 24.3 Å². The third kappa shape index (κ3) is 3.93. The maximum absolute atomic E-state index is 12.4. The summed E-state index contributed by atoms with van der Waals surface area (Å²) in [4.78, 5) is 38.3. The van der Waals surface area contributed by atoms with Gasteiger partial charge in [-0.3, -0.25) is 9.59 Å². The maximum atomic E-state index is 12.4. The number of rotatable bonds is 6. The van der Waals surface area contributed by atoms with Crippen molar-refractivity contribution in [2.45, 2.75) is 33.7 Å². The SMILES string of the molecule is CCOC(=O)c1cc(C)n(CC(=O)OCC(=O)N2CCc3ccccc32)c1C. The average molecular weight is 384 g/mol. The summed E-state index contributed by atoms with van der Waals surface area (Å²) in [5.74, 6) is -1.19. The molecule has 2 aromatic rings. The van der Waals surface area contributed by atoms with Gasteiger partial charge in [0.1, 0.15) is 6.54 Å². The molecule has 0 radical (unpaired) electrons. The summed E-state index contributed by atoms with van der Waals surface area (Å²) in [6, 6.07) is 9.40. The van der Waals surface area contributed by atoms with Gasteiger partial charge in [0.05, 0.1) is 12.2 Å². The van der Waals surface area contributed by atoms with Crippen LogP contribution in [0.4, 0.5) is 5.69 Å². The Bertz CT molecular complexity index is 916. The molecule has 0 spiro atoms. The number of para-hydroxylation sites is 1. The van der Waals surface area contributed by atoms with Crippen LogP contribution >= 0.6 is 0 Å². The molecule has 1 amide bonds. The van der Waals surface area contributed by atoms with Crippen molar-refractivity contribution < 1.29 is 23.9 Å². The molecule has 148 valence electrons. The van der Waals surface area contributed by atoms with Gasteiger partial charge in [0.15, 0.2) is 6.61 Å². The van der Waals surface area contributed by atoms with Crippen LogP contribution in [0.5, 0.6) is 0 Å². The fraction of sp³-hybridized carbons (Fsp3) is 0.381. The standard InChI is InChI=1S/C21H24N2O5/c1-4-27-21(26)17-11-14(2)23(15(17)3)12-20(25)28-13-19(24)22-10-9-16-7-5-6-8-18(16)22/h5-8,11H,4,9-10,12-13H2,1-3H3. The zero-order chi connectivity index (χ0) is 20.3. The average Bonchev–Trinajstić information content (AvgIpc) is 3.23. The van der Waals surface area contributed by atoms with Gasteiger partial charge in [-0.2, -0.15) is 0 Å². The second-order valence-corrected chi connectivity index (χ2v) is 6.68. The Hall–Kier alpha value is -3.09. The van der Waals surface area contributed by atoms with Crippen LogP contribution in [0, 0.1) is 13.8 Å². The fourth-order valence-electron chi connectivity index (χ4n) is 3.45. The Kier molecular flexibility index (Phi) is 5.82. The summed E-state index contributed by atoms with van der Waals surface area (Å²) in [6.07, 6.45) is 0.800. The molecule has 0 bridgehead atoms. The van der Waals surface area contributed by atoms with Crippen molar-refractivity contribution in [1.82, 2.24) is 4.57 Å². The van der Waals surface area contributed by atoms with Crippen LogP contribution in [0.2, 0.25) is 0 Å². The quantitative estimate of drug-likeness (QED) is 0.715. The van der Waals surface area contributed by atoms with Crippen molar-refractivity contribution in [3.05, 3.63) is 52.8 Å². The molecule has 1 aromatic carbocycles. The normalized spacial score (nSPS) is 12.6. The Morgan fingerprint density at radius 1 is 1.11 bits per heavy atom. The first-order chi connectivity index (χ1) is 13.4. The van der Waals surface area contributed by atoms with E-state index in [2.05, 4.69) is 0 Å². The molecular formula is C21H24N2O5. The van der Waals surface area contributed by atoms with Crippen LogP contribution in [0.3, 0.4) is 0 Å². The number of hydrogen-bond donors (Lipinski definition) is 0.